The molecule has 1 saturated heterocycles. The van der Waals surface area contributed by atoms with E-state index < -0.39 is 17.2 Å². The summed E-state index contributed by atoms with van der Waals surface area (Å²) in [6.45, 7) is 14.2. The van der Waals surface area contributed by atoms with E-state index in [9.17, 15) is 4.79 Å². The van der Waals surface area contributed by atoms with Gasteiger partial charge in [0.15, 0.2) is 5.82 Å². The van der Waals surface area contributed by atoms with Crippen LogP contribution < -0.4 is 5.32 Å². The molecule has 1 fully saturated rings. The van der Waals surface area contributed by atoms with Crippen LogP contribution in [0.4, 0.5) is 4.79 Å². The number of nitrogens with one attached hydrogen (secondary N) is 1. The minimum Gasteiger partial charge on any atom is -0.444 e. The maximum absolute atomic E-state index is 12.1. The second-order valence-corrected chi connectivity index (χ2v) is 9.13. The van der Waals surface area contributed by atoms with Crippen LogP contribution in [0, 0.1) is 5.92 Å². The number of hydrogen-bond acceptors (Lipinski definition) is 6. The Morgan fingerprint density at radius 3 is 2.67 bits per heavy atom. The zero-order chi connectivity index (χ0) is 20.1. The average Bonchev–Trinajstić information content (AvgIpc) is 2.88. The summed E-state index contributed by atoms with van der Waals surface area (Å²) in [5, 5.41) is 6.90. The van der Waals surface area contributed by atoms with Crippen molar-refractivity contribution in [1.29, 1.82) is 0 Å². The Bertz CT molecular complexity index is 607. The van der Waals surface area contributed by atoms with Crippen molar-refractivity contribution in [2.75, 3.05) is 13.1 Å². The lowest BCUT2D eigenvalue weighted by atomic mass is 9.96. The molecule has 1 N–H and O–H groups in total. The van der Waals surface area contributed by atoms with E-state index in [2.05, 4.69) is 27.3 Å². The lowest BCUT2D eigenvalue weighted by molar-refractivity contribution is 0.0465. The Kier molecular flexibility index (Phi) is 7.25. The Morgan fingerprint density at radius 1 is 1.26 bits per heavy atom. The molecule has 27 heavy (non-hydrogen) atoms. The zero-order valence-electron chi connectivity index (χ0n) is 17.8. The second-order valence-electron chi connectivity index (χ2n) is 9.13. The first-order chi connectivity index (χ1) is 12.6. The predicted octanol–water partition coefficient (Wildman–Crippen LogP) is 4.23. The highest BCUT2D eigenvalue weighted by Crippen LogP contribution is 2.23. The molecule has 0 radical (unpaired) electrons. The molecule has 154 valence electrons. The van der Waals surface area contributed by atoms with Crippen LogP contribution in [0.1, 0.15) is 85.4 Å². The van der Waals surface area contributed by atoms with E-state index in [0.717, 1.165) is 19.0 Å². The van der Waals surface area contributed by atoms with E-state index in [4.69, 9.17) is 9.26 Å². The Balaban J connectivity index is 1.92. The molecule has 0 spiro atoms. The van der Waals surface area contributed by atoms with Crippen molar-refractivity contribution in [3.8, 4) is 0 Å². The molecule has 1 aromatic heterocycles. The number of carbonyl (C=O) groups is 1. The van der Waals surface area contributed by atoms with Gasteiger partial charge in [-0.3, -0.25) is 4.90 Å². The summed E-state index contributed by atoms with van der Waals surface area (Å²) in [5.41, 5.74) is -1.32. The summed E-state index contributed by atoms with van der Waals surface area (Å²) < 4.78 is 10.8. The number of aromatic nitrogens is 2. The second kappa shape index (κ2) is 9.04. The number of rotatable bonds is 6. The van der Waals surface area contributed by atoms with Crippen molar-refractivity contribution in [2.24, 2.45) is 5.92 Å². The first-order valence-electron chi connectivity index (χ1n) is 10.2. The van der Waals surface area contributed by atoms with Crippen molar-refractivity contribution in [3.63, 3.8) is 0 Å². The van der Waals surface area contributed by atoms with Gasteiger partial charge in [-0.25, -0.2) is 4.79 Å². The van der Waals surface area contributed by atoms with Gasteiger partial charge in [0.05, 0.1) is 6.54 Å². The number of carbonyl (C=O) groups excluding carboxylic acids is 1. The molecule has 0 aliphatic carbocycles. The molecule has 1 aliphatic heterocycles. The van der Waals surface area contributed by atoms with Crippen molar-refractivity contribution < 1.29 is 14.1 Å². The molecule has 7 nitrogen and oxygen atoms in total. The molecule has 2 rings (SSSR count). The van der Waals surface area contributed by atoms with Crippen molar-refractivity contribution in [1.82, 2.24) is 20.4 Å². The van der Waals surface area contributed by atoms with Crippen molar-refractivity contribution >= 4 is 6.09 Å². The molecule has 0 saturated carbocycles. The molecule has 1 amide bonds. The van der Waals surface area contributed by atoms with Crippen LogP contribution in [0.25, 0.3) is 0 Å². The molecular weight excluding hydrogens is 344 g/mol. The third-order valence-electron chi connectivity index (χ3n) is 4.84. The molecule has 7 heteroatoms. The van der Waals surface area contributed by atoms with Crippen LogP contribution in [0.15, 0.2) is 4.52 Å². The molecule has 2 heterocycles. The average molecular weight is 381 g/mol. The van der Waals surface area contributed by atoms with Crippen LogP contribution in [0.5, 0.6) is 0 Å². The standard InChI is InChI=1S/C20H36N4O3/c1-7-9-15-10-8-12-24(13-11-15)14-16-21-17(23-27-16)20(5,6)22-18(25)26-19(2,3)4/h15H,7-14H2,1-6H3,(H,22,25). The third-order valence-corrected chi connectivity index (χ3v) is 4.84. The number of ether oxygens (including phenoxy) is 1. The number of nitrogens with zero attached hydrogens (tertiary/aromatic N) is 3. The zero-order valence-corrected chi connectivity index (χ0v) is 17.8. The molecule has 0 aromatic carbocycles. The van der Waals surface area contributed by atoms with Crippen LogP contribution in [0.2, 0.25) is 0 Å². The number of alkyl carbamates (subject to hydrolysis) is 1. The van der Waals surface area contributed by atoms with Gasteiger partial charge >= 0.3 is 6.09 Å². The fourth-order valence-corrected chi connectivity index (χ4v) is 3.46. The molecule has 1 aliphatic rings. The van der Waals surface area contributed by atoms with E-state index in [1.165, 1.54) is 32.1 Å². The summed E-state index contributed by atoms with van der Waals surface area (Å²) >= 11 is 0. The Hall–Kier alpha value is -1.63. The van der Waals surface area contributed by atoms with Crippen LogP contribution in [-0.2, 0) is 16.8 Å². The van der Waals surface area contributed by atoms with E-state index in [-0.39, 0.29) is 0 Å². The summed E-state index contributed by atoms with van der Waals surface area (Å²) in [7, 11) is 0. The molecule has 1 unspecified atom stereocenters. The molecule has 0 bridgehead atoms. The van der Waals surface area contributed by atoms with E-state index in [1.807, 2.05) is 34.6 Å². The lowest BCUT2D eigenvalue weighted by Crippen LogP contribution is -2.44. The molecule has 1 atom stereocenters. The fraction of sp³-hybridized carbons (Fsp3) is 0.850. The van der Waals surface area contributed by atoms with Crippen LogP contribution >= 0.6 is 0 Å². The topological polar surface area (TPSA) is 80.5 Å². The maximum atomic E-state index is 12.1. The highest BCUT2D eigenvalue weighted by molar-refractivity contribution is 5.68. The highest BCUT2D eigenvalue weighted by atomic mass is 16.6. The maximum Gasteiger partial charge on any atom is 0.408 e. The summed E-state index contributed by atoms with van der Waals surface area (Å²) in [4.78, 5) is 19.0. The summed E-state index contributed by atoms with van der Waals surface area (Å²) in [6, 6.07) is 0. The van der Waals surface area contributed by atoms with Crippen molar-refractivity contribution in [2.45, 2.75) is 91.3 Å². The normalized spacial score (nSPS) is 19.6. The van der Waals surface area contributed by atoms with Gasteiger partial charge in [0.25, 0.3) is 0 Å². The molecular formula is C20H36N4O3. The number of amides is 1. The van der Waals surface area contributed by atoms with Gasteiger partial charge in [0.1, 0.15) is 11.1 Å². The van der Waals surface area contributed by atoms with Crippen LogP contribution in [0.3, 0.4) is 0 Å². The number of likely N-dealkylation sites (tertiary alicyclic amines) is 1. The molecule has 1 aromatic rings. The minimum absolute atomic E-state index is 0.460. The summed E-state index contributed by atoms with van der Waals surface area (Å²) in [5.74, 6) is 1.90. The van der Waals surface area contributed by atoms with Gasteiger partial charge in [-0.2, -0.15) is 4.98 Å². The quantitative estimate of drug-likeness (QED) is 0.795. The van der Waals surface area contributed by atoms with Gasteiger partial charge in [0.2, 0.25) is 5.89 Å². The van der Waals surface area contributed by atoms with E-state index >= 15 is 0 Å². The van der Waals surface area contributed by atoms with Crippen LogP contribution in [-0.4, -0.2) is 39.8 Å². The van der Waals surface area contributed by atoms with Gasteiger partial charge in [-0.1, -0.05) is 24.9 Å². The monoisotopic (exact) mass is 380 g/mol. The highest BCUT2D eigenvalue weighted by Gasteiger charge is 2.31. The predicted molar refractivity (Wildman–Crippen MR) is 104 cm³/mol. The lowest BCUT2D eigenvalue weighted by Gasteiger charge is -2.26. The Labute approximate surface area is 163 Å². The van der Waals surface area contributed by atoms with E-state index in [0.29, 0.717) is 18.3 Å². The summed E-state index contributed by atoms with van der Waals surface area (Å²) in [6.07, 6.45) is 5.86. The Morgan fingerprint density at radius 2 is 2.00 bits per heavy atom. The SMILES string of the molecule is CCCC1CCCN(Cc2nc(C(C)(C)NC(=O)OC(C)(C)C)no2)CC1. The van der Waals surface area contributed by atoms with Gasteiger partial charge < -0.3 is 14.6 Å². The van der Waals surface area contributed by atoms with Gasteiger partial charge in [-0.05, 0) is 72.9 Å². The van der Waals surface area contributed by atoms with E-state index in [1.54, 1.807) is 0 Å². The fourth-order valence-electron chi connectivity index (χ4n) is 3.46. The van der Waals surface area contributed by atoms with Gasteiger partial charge in [0, 0.05) is 0 Å². The van der Waals surface area contributed by atoms with Gasteiger partial charge in [-0.15, -0.1) is 0 Å². The first kappa shape index (κ1) is 21.7. The minimum atomic E-state index is -0.769. The smallest absolute Gasteiger partial charge is 0.408 e. The van der Waals surface area contributed by atoms with Crippen molar-refractivity contribution in [3.05, 3.63) is 11.7 Å². The largest absolute Gasteiger partial charge is 0.444 e. The number of hydrogen-bond donors (Lipinski definition) is 1. The first-order valence-corrected chi connectivity index (χ1v) is 10.2. The third kappa shape index (κ3) is 7.13.